The third-order valence-corrected chi connectivity index (χ3v) is 7.17. The fraction of sp³-hybridized carbons (Fsp3) is 0.409. The lowest BCUT2D eigenvalue weighted by atomic mass is 9.98. The van der Waals surface area contributed by atoms with Gasteiger partial charge in [-0.1, -0.05) is 0 Å². The minimum absolute atomic E-state index is 0.0961. The molecule has 1 amide bonds. The van der Waals surface area contributed by atoms with Crippen LogP contribution in [0.1, 0.15) is 30.3 Å². The highest BCUT2D eigenvalue weighted by atomic mass is 32.2. The number of aromatic nitrogens is 1. The Labute approximate surface area is 188 Å². The predicted octanol–water partition coefficient (Wildman–Crippen LogP) is 2.33. The van der Waals surface area contributed by atoms with Crippen molar-refractivity contribution in [3.05, 3.63) is 48.3 Å². The van der Waals surface area contributed by atoms with Crippen molar-refractivity contribution in [3.8, 4) is 5.75 Å². The first-order chi connectivity index (χ1) is 15.3. The van der Waals surface area contributed by atoms with Gasteiger partial charge in [0.25, 0.3) is 15.9 Å². The van der Waals surface area contributed by atoms with Gasteiger partial charge in [-0.25, -0.2) is 8.42 Å². The highest BCUT2D eigenvalue weighted by Crippen LogP contribution is 2.25. The van der Waals surface area contributed by atoms with Gasteiger partial charge in [-0.2, -0.15) is 0 Å². The maximum Gasteiger partial charge on any atom is 0.310 e. The van der Waals surface area contributed by atoms with E-state index in [1.54, 1.807) is 24.0 Å². The van der Waals surface area contributed by atoms with Gasteiger partial charge in [0.15, 0.2) is 0 Å². The number of amides is 1. The van der Waals surface area contributed by atoms with Crippen LogP contribution in [-0.2, 0) is 19.6 Å². The number of methoxy groups -OCH3 is 1. The van der Waals surface area contributed by atoms with Crippen molar-refractivity contribution in [2.75, 3.05) is 38.2 Å². The van der Waals surface area contributed by atoms with Crippen molar-refractivity contribution >= 4 is 27.6 Å². The third kappa shape index (κ3) is 5.01. The number of carbonyl (C=O) groups excluding carboxylic acids is 2. The average molecular weight is 462 g/mol. The van der Waals surface area contributed by atoms with E-state index in [9.17, 15) is 18.0 Å². The number of ether oxygens (including phenoxy) is 2. The van der Waals surface area contributed by atoms with Crippen molar-refractivity contribution in [2.24, 2.45) is 5.92 Å². The number of pyridine rings is 1. The van der Waals surface area contributed by atoms with Crippen LogP contribution < -0.4 is 9.04 Å². The molecular weight excluding hydrogens is 434 g/mol. The summed E-state index contributed by atoms with van der Waals surface area (Å²) in [5, 5.41) is 0. The molecule has 9 nitrogen and oxygen atoms in total. The lowest BCUT2D eigenvalue weighted by Crippen LogP contribution is -2.43. The zero-order valence-electron chi connectivity index (χ0n) is 18.4. The highest BCUT2D eigenvalue weighted by molar-refractivity contribution is 7.92. The summed E-state index contributed by atoms with van der Waals surface area (Å²) < 4.78 is 37.3. The second kappa shape index (κ2) is 9.99. The van der Waals surface area contributed by atoms with Crippen LogP contribution in [0, 0.1) is 5.92 Å². The number of carbonyl (C=O) groups is 2. The molecule has 3 rings (SSSR count). The molecule has 0 bridgehead atoms. The number of nitrogens with zero attached hydrogens (tertiary/aromatic N) is 3. The van der Waals surface area contributed by atoms with Gasteiger partial charge in [0.05, 0.1) is 30.2 Å². The van der Waals surface area contributed by atoms with Crippen LogP contribution in [0.5, 0.6) is 5.75 Å². The SMILES string of the molecule is CCOC(=O)[C@@H]1CCCN(C(=O)c2cc(N(C)S(=O)(=O)c3ccc(OC)cc3)ccn2)C1. The molecule has 1 aromatic carbocycles. The summed E-state index contributed by atoms with van der Waals surface area (Å²) in [6.45, 7) is 2.79. The minimum Gasteiger partial charge on any atom is -0.497 e. The Balaban J connectivity index is 1.79. The third-order valence-electron chi connectivity index (χ3n) is 5.37. The molecule has 1 aliphatic heterocycles. The number of esters is 1. The molecule has 0 saturated carbocycles. The van der Waals surface area contributed by atoms with Crippen LogP contribution >= 0.6 is 0 Å². The number of hydrogen-bond donors (Lipinski definition) is 0. The first-order valence-corrected chi connectivity index (χ1v) is 11.8. The van der Waals surface area contributed by atoms with Crippen LogP contribution in [0.4, 0.5) is 5.69 Å². The summed E-state index contributed by atoms with van der Waals surface area (Å²) in [7, 11) is -0.927. The molecule has 0 aliphatic carbocycles. The number of rotatable bonds is 7. The summed E-state index contributed by atoms with van der Waals surface area (Å²) in [6, 6.07) is 9.02. The maximum atomic E-state index is 13.0. The Hall–Kier alpha value is -3.14. The van der Waals surface area contributed by atoms with Gasteiger partial charge in [0.1, 0.15) is 11.4 Å². The van der Waals surface area contributed by atoms with Gasteiger partial charge in [-0.15, -0.1) is 0 Å². The molecule has 32 heavy (non-hydrogen) atoms. The van der Waals surface area contributed by atoms with E-state index in [4.69, 9.17) is 9.47 Å². The van der Waals surface area contributed by atoms with Gasteiger partial charge in [0, 0.05) is 26.3 Å². The van der Waals surface area contributed by atoms with E-state index in [0.29, 0.717) is 37.4 Å². The zero-order valence-corrected chi connectivity index (χ0v) is 19.2. The summed E-state index contributed by atoms with van der Waals surface area (Å²) in [5.74, 6) is -0.479. The predicted molar refractivity (Wildman–Crippen MR) is 118 cm³/mol. The van der Waals surface area contributed by atoms with Crippen LogP contribution in [0.15, 0.2) is 47.5 Å². The van der Waals surface area contributed by atoms with Crippen LogP contribution in [0.2, 0.25) is 0 Å². The second-order valence-electron chi connectivity index (χ2n) is 7.39. The van der Waals surface area contributed by atoms with E-state index >= 15 is 0 Å². The number of piperidine rings is 1. The first kappa shape index (κ1) is 23.5. The topological polar surface area (TPSA) is 106 Å². The van der Waals surface area contributed by atoms with Crippen molar-refractivity contribution in [1.82, 2.24) is 9.88 Å². The van der Waals surface area contributed by atoms with Crippen molar-refractivity contribution in [3.63, 3.8) is 0 Å². The number of anilines is 1. The van der Waals surface area contributed by atoms with Gasteiger partial charge in [-0.3, -0.25) is 18.9 Å². The Kier molecular flexibility index (Phi) is 7.34. The number of sulfonamides is 1. The second-order valence-corrected chi connectivity index (χ2v) is 9.36. The Bertz CT molecular complexity index is 1070. The summed E-state index contributed by atoms with van der Waals surface area (Å²) in [6.07, 6.45) is 2.75. The van der Waals surface area contributed by atoms with Crippen LogP contribution in [0.3, 0.4) is 0 Å². The molecule has 2 heterocycles. The Morgan fingerprint density at radius 3 is 2.59 bits per heavy atom. The molecule has 172 valence electrons. The lowest BCUT2D eigenvalue weighted by Gasteiger charge is -2.31. The summed E-state index contributed by atoms with van der Waals surface area (Å²) >= 11 is 0. The van der Waals surface area contributed by atoms with Gasteiger partial charge < -0.3 is 14.4 Å². The number of benzene rings is 1. The summed E-state index contributed by atoms with van der Waals surface area (Å²) in [5.41, 5.74) is 0.418. The molecule has 0 radical (unpaired) electrons. The molecule has 10 heteroatoms. The number of hydrogen-bond acceptors (Lipinski definition) is 7. The van der Waals surface area contributed by atoms with E-state index in [1.807, 2.05) is 0 Å². The smallest absolute Gasteiger partial charge is 0.310 e. The molecule has 2 aromatic rings. The fourth-order valence-electron chi connectivity index (χ4n) is 3.55. The molecule has 1 atom stereocenters. The molecule has 1 saturated heterocycles. The number of likely N-dealkylation sites (tertiary alicyclic amines) is 1. The van der Waals surface area contributed by atoms with Gasteiger partial charge in [-0.05, 0) is 56.2 Å². The normalized spacial score (nSPS) is 16.3. The van der Waals surface area contributed by atoms with Crippen molar-refractivity contribution < 1.29 is 27.5 Å². The average Bonchev–Trinajstić information content (AvgIpc) is 2.83. The Morgan fingerprint density at radius 2 is 1.94 bits per heavy atom. The highest BCUT2D eigenvalue weighted by Gasteiger charge is 2.31. The zero-order chi connectivity index (χ0) is 23.3. The summed E-state index contributed by atoms with van der Waals surface area (Å²) in [4.78, 5) is 30.9. The molecule has 1 fully saturated rings. The van der Waals surface area contributed by atoms with Crippen LogP contribution in [-0.4, -0.2) is 64.0 Å². The minimum atomic E-state index is -3.85. The molecule has 0 unspecified atom stereocenters. The lowest BCUT2D eigenvalue weighted by molar-refractivity contribution is -0.149. The molecule has 1 aliphatic rings. The van der Waals surface area contributed by atoms with E-state index in [1.165, 1.54) is 44.6 Å². The van der Waals surface area contributed by atoms with E-state index < -0.39 is 10.0 Å². The van der Waals surface area contributed by atoms with Gasteiger partial charge >= 0.3 is 5.97 Å². The monoisotopic (exact) mass is 461 g/mol. The van der Waals surface area contributed by atoms with E-state index in [0.717, 1.165) is 4.31 Å². The molecule has 0 N–H and O–H groups in total. The standard InChI is InChI=1S/C22H27N3O6S/c1-4-31-22(27)16-6-5-13-25(15-16)21(26)20-14-17(11-12-23-20)24(2)32(28,29)19-9-7-18(30-3)8-10-19/h7-12,14,16H,4-6,13,15H2,1-3H3/t16-/m1/s1. The van der Waals surface area contributed by atoms with Gasteiger partial charge in [0.2, 0.25) is 0 Å². The largest absolute Gasteiger partial charge is 0.497 e. The van der Waals surface area contributed by atoms with Crippen molar-refractivity contribution in [2.45, 2.75) is 24.7 Å². The fourth-order valence-corrected chi connectivity index (χ4v) is 4.74. The van der Waals surface area contributed by atoms with E-state index in [-0.39, 0.29) is 34.9 Å². The Morgan fingerprint density at radius 1 is 1.22 bits per heavy atom. The van der Waals surface area contributed by atoms with Crippen LogP contribution in [0.25, 0.3) is 0 Å². The molecular formula is C22H27N3O6S. The van der Waals surface area contributed by atoms with E-state index in [2.05, 4.69) is 4.98 Å². The molecule has 0 spiro atoms. The molecule has 1 aromatic heterocycles. The first-order valence-electron chi connectivity index (χ1n) is 10.3. The quantitative estimate of drug-likeness (QED) is 0.583. The van der Waals surface area contributed by atoms with Crippen molar-refractivity contribution in [1.29, 1.82) is 0 Å². The maximum absolute atomic E-state index is 13.0.